The second-order valence-electron chi connectivity index (χ2n) is 6.31. The topological polar surface area (TPSA) is 53.9 Å². The number of alkyl halides is 3. The van der Waals surface area contributed by atoms with Gasteiger partial charge in [-0.15, -0.1) is 0 Å². The fourth-order valence-electron chi connectivity index (χ4n) is 3.35. The van der Waals surface area contributed by atoms with E-state index in [-0.39, 0.29) is 5.56 Å². The summed E-state index contributed by atoms with van der Waals surface area (Å²) < 4.78 is 40.8. The molecule has 0 saturated carbocycles. The van der Waals surface area contributed by atoms with Gasteiger partial charge in [-0.2, -0.15) is 13.2 Å². The summed E-state index contributed by atoms with van der Waals surface area (Å²) in [4.78, 5) is 14.5. The molecule has 0 amide bonds. The van der Waals surface area contributed by atoms with Gasteiger partial charge in [0.25, 0.3) is 0 Å². The Hall–Kier alpha value is -3.16. The second-order valence-corrected chi connectivity index (χ2v) is 6.31. The summed E-state index contributed by atoms with van der Waals surface area (Å²) in [5.74, 6) is 1.08. The normalized spacial score (nSPS) is 16.2. The number of aromatic nitrogens is 3. The van der Waals surface area contributed by atoms with Crippen LogP contribution in [0.25, 0.3) is 0 Å². The summed E-state index contributed by atoms with van der Waals surface area (Å²) in [6.45, 7) is 3.58. The Kier molecular flexibility index (Phi) is 3.98. The Bertz CT molecular complexity index is 982. The van der Waals surface area contributed by atoms with Crippen LogP contribution in [0.15, 0.2) is 48.8 Å². The van der Waals surface area contributed by atoms with Crippen molar-refractivity contribution in [3.05, 3.63) is 71.4 Å². The molecule has 0 radical (unpaired) electrons. The summed E-state index contributed by atoms with van der Waals surface area (Å²) in [5.41, 5.74) is 1.53. The van der Waals surface area contributed by atoms with Gasteiger partial charge in [0.05, 0.1) is 23.1 Å². The monoisotopic (exact) mass is 371 g/mol. The van der Waals surface area contributed by atoms with Crippen molar-refractivity contribution in [2.24, 2.45) is 0 Å². The molecule has 0 fully saturated rings. The Morgan fingerprint density at radius 1 is 1.07 bits per heavy atom. The number of hydrogen-bond donors (Lipinski definition) is 1. The first kappa shape index (κ1) is 17.3. The van der Waals surface area contributed by atoms with Crippen LogP contribution < -0.4 is 10.2 Å². The average molecular weight is 371 g/mol. The van der Waals surface area contributed by atoms with Gasteiger partial charge in [0.2, 0.25) is 0 Å². The highest BCUT2D eigenvalue weighted by molar-refractivity contribution is 5.81. The number of hydrogen-bond acceptors (Lipinski definition) is 5. The highest BCUT2D eigenvalue weighted by Crippen LogP contribution is 2.47. The van der Waals surface area contributed by atoms with Crippen molar-refractivity contribution in [1.29, 1.82) is 0 Å². The molecule has 27 heavy (non-hydrogen) atoms. The highest BCUT2D eigenvalue weighted by Gasteiger charge is 2.40. The van der Waals surface area contributed by atoms with E-state index in [1.165, 1.54) is 12.1 Å². The molecule has 3 heterocycles. The lowest BCUT2D eigenvalue weighted by molar-refractivity contribution is -0.138. The van der Waals surface area contributed by atoms with E-state index in [9.17, 15) is 13.2 Å². The van der Waals surface area contributed by atoms with Gasteiger partial charge >= 0.3 is 6.18 Å². The molecule has 1 aliphatic rings. The zero-order valence-corrected chi connectivity index (χ0v) is 14.6. The summed E-state index contributed by atoms with van der Waals surface area (Å²) >= 11 is 0. The lowest BCUT2D eigenvalue weighted by atomic mass is 10.0. The van der Waals surface area contributed by atoms with Crippen molar-refractivity contribution in [1.82, 2.24) is 15.0 Å². The third-order valence-corrected chi connectivity index (χ3v) is 4.37. The molecule has 1 aromatic carbocycles. The van der Waals surface area contributed by atoms with Crippen LogP contribution in [0.3, 0.4) is 0 Å². The van der Waals surface area contributed by atoms with Gasteiger partial charge in [0.1, 0.15) is 17.8 Å². The molecule has 4 rings (SSSR count). The number of rotatable bonds is 2. The minimum atomic E-state index is -4.46. The zero-order valence-electron chi connectivity index (χ0n) is 14.6. The number of anilines is 3. The van der Waals surface area contributed by atoms with Crippen molar-refractivity contribution in [3.8, 4) is 0 Å². The van der Waals surface area contributed by atoms with Gasteiger partial charge in [-0.1, -0.05) is 18.2 Å². The summed E-state index contributed by atoms with van der Waals surface area (Å²) in [6.07, 6.45) is -2.03. The zero-order chi connectivity index (χ0) is 19.2. The fraction of sp³-hybridized carbons (Fsp3) is 0.211. The van der Waals surface area contributed by atoms with Gasteiger partial charge in [0.15, 0.2) is 0 Å². The van der Waals surface area contributed by atoms with E-state index in [1.807, 2.05) is 6.92 Å². The maximum Gasteiger partial charge on any atom is 0.416 e. The van der Waals surface area contributed by atoms with Crippen molar-refractivity contribution in [2.45, 2.75) is 26.2 Å². The minimum absolute atomic E-state index is 0.120. The van der Waals surface area contributed by atoms with Crippen LogP contribution in [-0.2, 0) is 6.18 Å². The molecule has 1 aliphatic heterocycles. The van der Waals surface area contributed by atoms with Crippen LogP contribution in [0.4, 0.5) is 30.4 Å². The number of halogens is 3. The molecule has 1 N–H and O–H groups in total. The van der Waals surface area contributed by atoms with E-state index < -0.39 is 17.9 Å². The third kappa shape index (κ3) is 3.07. The molecule has 0 aliphatic carbocycles. The molecule has 8 heteroatoms. The Morgan fingerprint density at radius 3 is 2.59 bits per heavy atom. The SMILES string of the molecule is Cc1cc(N2c3ccncc3NC2c2ccccc2C(F)(F)F)nc(C)n1. The van der Waals surface area contributed by atoms with Gasteiger partial charge in [0, 0.05) is 23.5 Å². The predicted molar refractivity (Wildman–Crippen MR) is 95.7 cm³/mol. The van der Waals surface area contributed by atoms with E-state index >= 15 is 0 Å². The summed E-state index contributed by atoms with van der Waals surface area (Å²) in [6, 6.07) is 9.07. The van der Waals surface area contributed by atoms with E-state index in [2.05, 4.69) is 20.3 Å². The number of nitrogens with one attached hydrogen (secondary N) is 1. The number of fused-ring (bicyclic) bond motifs is 1. The molecule has 3 aromatic rings. The quantitative estimate of drug-likeness (QED) is 0.703. The van der Waals surface area contributed by atoms with Crippen molar-refractivity contribution in [3.63, 3.8) is 0 Å². The Morgan fingerprint density at radius 2 is 1.85 bits per heavy atom. The van der Waals surface area contributed by atoms with Crippen LogP contribution in [0, 0.1) is 13.8 Å². The third-order valence-electron chi connectivity index (χ3n) is 4.37. The second kappa shape index (κ2) is 6.22. The first-order valence-electron chi connectivity index (χ1n) is 8.33. The maximum atomic E-state index is 13.6. The van der Waals surface area contributed by atoms with Crippen LogP contribution in [0.1, 0.15) is 28.8 Å². The molecular weight excluding hydrogens is 355 g/mol. The van der Waals surface area contributed by atoms with Gasteiger partial charge < -0.3 is 5.32 Å². The van der Waals surface area contributed by atoms with Crippen molar-refractivity contribution < 1.29 is 13.2 Å². The Labute approximate surface area is 153 Å². The number of nitrogens with zero attached hydrogens (tertiary/aromatic N) is 4. The van der Waals surface area contributed by atoms with E-state index in [4.69, 9.17) is 0 Å². The van der Waals surface area contributed by atoms with Crippen molar-refractivity contribution in [2.75, 3.05) is 10.2 Å². The number of benzene rings is 1. The van der Waals surface area contributed by atoms with Crippen LogP contribution in [0.2, 0.25) is 0 Å². The molecule has 0 spiro atoms. The molecule has 1 atom stereocenters. The lowest BCUT2D eigenvalue weighted by Gasteiger charge is -2.28. The minimum Gasteiger partial charge on any atom is -0.358 e. The average Bonchev–Trinajstić information content (AvgIpc) is 2.99. The first-order chi connectivity index (χ1) is 12.8. The molecule has 0 saturated heterocycles. The van der Waals surface area contributed by atoms with Crippen LogP contribution >= 0.6 is 0 Å². The predicted octanol–water partition coefficient (Wildman–Crippen LogP) is 4.77. The van der Waals surface area contributed by atoms with Crippen LogP contribution in [-0.4, -0.2) is 15.0 Å². The number of pyridine rings is 1. The molecule has 138 valence electrons. The molecule has 2 aromatic heterocycles. The van der Waals surface area contributed by atoms with E-state index in [0.29, 0.717) is 23.0 Å². The number of aryl methyl sites for hydroxylation is 2. The van der Waals surface area contributed by atoms with Crippen molar-refractivity contribution >= 4 is 17.2 Å². The fourth-order valence-corrected chi connectivity index (χ4v) is 3.35. The Balaban J connectivity index is 1.91. The highest BCUT2D eigenvalue weighted by atomic mass is 19.4. The smallest absolute Gasteiger partial charge is 0.358 e. The standard InChI is InChI=1S/C19H16F3N5/c1-11-9-17(25-12(2)24-11)27-16-7-8-23-10-15(16)26-18(27)13-5-3-4-6-14(13)19(20,21)22/h3-10,18,26H,1-2H3. The van der Waals surface area contributed by atoms with Crippen LogP contribution in [0.5, 0.6) is 0 Å². The van der Waals surface area contributed by atoms with Gasteiger partial charge in [-0.3, -0.25) is 9.88 Å². The first-order valence-corrected chi connectivity index (χ1v) is 8.33. The maximum absolute atomic E-state index is 13.6. The van der Waals surface area contributed by atoms with E-state index in [1.54, 1.807) is 42.4 Å². The lowest BCUT2D eigenvalue weighted by Crippen LogP contribution is -2.27. The molecule has 1 unspecified atom stereocenters. The summed E-state index contributed by atoms with van der Waals surface area (Å²) in [7, 11) is 0. The molecule has 5 nitrogen and oxygen atoms in total. The van der Waals surface area contributed by atoms with Gasteiger partial charge in [-0.25, -0.2) is 9.97 Å². The van der Waals surface area contributed by atoms with E-state index in [0.717, 1.165) is 11.8 Å². The summed E-state index contributed by atoms with van der Waals surface area (Å²) in [5, 5.41) is 3.15. The molecular formula is C19H16F3N5. The van der Waals surface area contributed by atoms with Gasteiger partial charge in [-0.05, 0) is 26.0 Å². The molecule has 0 bridgehead atoms. The largest absolute Gasteiger partial charge is 0.416 e.